The van der Waals surface area contributed by atoms with Crippen molar-refractivity contribution in [1.29, 1.82) is 0 Å². The summed E-state index contributed by atoms with van der Waals surface area (Å²) in [6.07, 6.45) is 2.09. The molecule has 0 bridgehead atoms. The molecule has 0 fully saturated rings. The van der Waals surface area contributed by atoms with Gasteiger partial charge in [-0.15, -0.1) is 0 Å². The number of esters is 1. The Morgan fingerprint density at radius 3 is 2.59 bits per heavy atom. The lowest BCUT2D eigenvalue weighted by Gasteiger charge is -2.13. The van der Waals surface area contributed by atoms with Crippen molar-refractivity contribution in [2.45, 2.75) is 26.2 Å². The molecule has 1 heterocycles. The van der Waals surface area contributed by atoms with Crippen LogP contribution in [0.3, 0.4) is 0 Å². The maximum absolute atomic E-state index is 12.0. The molecule has 1 atom stereocenters. The van der Waals surface area contributed by atoms with Gasteiger partial charge in [-0.05, 0) is 46.9 Å². The van der Waals surface area contributed by atoms with Gasteiger partial charge in [0, 0.05) is 18.6 Å². The molecule has 0 spiro atoms. The Kier molecular flexibility index (Phi) is 5.66. The summed E-state index contributed by atoms with van der Waals surface area (Å²) in [6.45, 7) is 2.05. The van der Waals surface area contributed by atoms with Crippen LogP contribution in [0.25, 0.3) is 0 Å². The van der Waals surface area contributed by atoms with E-state index >= 15 is 0 Å². The van der Waals surface area contributed by atoms with Crippen LogP contribution in [0.1, 0.15) is 25.3 Å². The number of thiophene rings is 1. The van der Waals surface area contributed by atoms with Crippen molar-refractivity contribution >= 4 is 23.0 Å². The Labute approximate surface area is 132 Å². The summed E-state index contributed by atoms with van der Waals surface area (Å²) in [6, 6.07) is 7.59. The summed E-state index contributed by atoms with van der Waals surface area (Å²) in [5.41, 5.74) is 1.21. The molecular formula is C16H17NO4S. The van der Waals surface area contributed by atoms with E-state index in [0.29, 0.717) is 12.2 Å². The predicted octanol–water partition coefficient (Wildman–Crippen LogP) is 4.22. The fourth-order valence-electron chi connectivity index (χ4n) is 2.15. The number of hydrogen-bond acceptors (Lipinski definition) is 5. The number of nitrogens with zero attached hydrogens (tertiary/aromatic N) is 1. The maximum Gasteiger partial charge on any atom is 0.311 e. The maximum atomic E-state index is 12.0. The van der Waals surface area contributed by atoms with Crippen molar-refractivity contribution < 1.29 is 14.5 Å². The summed E-state index contributed by atoms with van der Waals surface area (Å²) in [5, 5.41) is 14.7. The van der Waals surface area contributed by atoms with Crippen LogP contribution < -0.4 is 4.74 Å². The largest absolute Gasteiger partial charge is 0.427 e. The number of nitro benzene ring substituents is 1. The number of rotatable bonds is 7. The van der Waals surface area contributed by atoms with Gasteiger partial charge in [0.1, 0.15) is 5.75 Å². The van der Waals surface area contributed by atoms with Crippen molar-refractivity contribution in [3.63, 3.8) is 0 Å². The van der Waals surface area contributed by atoms with E-state index in [-0.39, 0.29) is 17.6 Å². The van der Waals surface area contributed by atoms with Gasteiger partial charge in [0.2, 0.25) is 0 Å². The Morgan fingerprint density at radius 2 is 2.05 bits per heavy atom. The second-order valence-electron chi connectivity index (χ2n) is 5.04. The minimum absolute atomic E-state index is 0.0244. The molecule has 0 amide bonds. The van der Waals surface area contributed by atoms with Crippen LogP contribution in [0.4, 0.5) is 5.69 Å². The van der Waals surface area contributed by atoms with E-state index in [1.807, 2.05) is 5.38 Å². The zero-order valence-electron chi connectivity index (χ0n) is 12.2. The van der Waals surface area contributed by atoms with Gasteiger partial charge in [-0.1, -0.05) is 13.3 Å². The summed E-state index contributed by atoms with van der Waals surface area (Å²) in [5.74, 6) is 0.261. The Balaban J connectivity index is 1.89. The lowest BCUT2D eigenvalue weighted by atomic mass is 9.95. The fourth-order valence-corrected chi connectivity index (χ4v) is 2.83. The molecule has 5 nitrogen and oxygen atoms in total. The van der Waals surface area contributed by atoms with Crippen LogP contribution >= 0.6 is 11.3 Å². The number of carbonyl (C=O) groups is 1. The average molecular weight is 319 g/mol. The molecule has 1 aromatic heterocycles. The summed E-state index contributed by atoms with van der Waals surface area (Å²) >= 11 is 1.65. The molecule has 0 aliphatic heterocycles. The molecule has 0 saturated heterocycles. The van der Waals surface area contributed by atoms with E-state index in [1.165, 1.54) is 29.8 Å². The van der Waals surface area contributed by atoms with Crippen LogP contribution in [-0.4, -0.2) is 10.9 Å². The molecule has 0 aliphatic carbocycles. The summed E-state index contributed by atoms with van der Waals surface area (Å²) in [7, 11) is 0. The average Bonchev–Trinajstić information content (AvgIpc) is 3.00. The van der Waals surface area contributed by atoms with Gasteiger partial charge in [-0.25, -0.2) is 0 Å². The normalized spacial score (nSPS) is 11.9. The third-order valence-corrected chi connectivity index (χ3v) is 4.15. The van der Waals surface area contributed by atoms with E-state index in [1.54, 1.807) is 11.3 Å². The van der Waals surface area contributed by atoms with Gasteiger partial charge in [0.15, 0.2) is 0 Å². The number of ether oxygens (including phenoxy) is 1. The van der Waals surface area contributed by atoms with Gasteiger partial charge < -0.3 is 4.74 Å². The van der Waals surface area contributed by atoms with Crippen molar-refractivity contribution in [1.82, 2.24) is 0 Å². The van der Waals surface area contributed by atoms with Crippen molar-refractivity contribution in [2.24, 2.45) is 5.92 Å². The van der Waals surface area contributed by atoms with E-state index < -0.39 is 4.92 Å². The van der Waals surface area contributed by atoms with E-state index in [0.717, 1.165) is 12.8 Å². The molecule has 2 rings (SSSR count). The van der Waals surface area contributed by atoms with Crippen molar-refractivity contribution in [2.75, 3.05) is 0 Å². The predicted molar refractivity (Wildman–Crippen MR) is 85.2 cm³/mol. The van der Waals surface area contributed by atoms with E-state index in [2.05, 4.69) is 18.4 Å². The molecule has 2 aromatic rings. The lowest BCUT2D eigenvalue weighted by molar-refractivity contribution is -0.384. The molecule has 116 valence electrons. The highest BCUT2D eigenvalue weighted by atomic mass is 32.1. The highest BCUT2D eigenvalue weighted by molar-refractivity contribution is 7.07. The molecule has 1 unspecified atom stereocenters. The quantitative estimate of drug-likeness (QED) is 0.331. The number of carbonyl (C=O) groups excluding carboxylic acids is 1. The van der Waals surface area contributed by atoms with Crippen LogP contribution in [0.5, 0.6) is 5.75 Å². The van der Waals surface area contributed by atoms with Crippen molar-refractivity contribution in [3.8, 4) is 5.75 Å². The molecule has 0 N–H and O–H groups in total. The summed E-state index contributed by atoms with van der Waals surface area (Å²) in [4.78, 5) is 22.1. The van der Waals surface area contributed by atoms with Crippen molar-refractivity contribution in [3.05, 3.63) is 56.8 Å². The van der Waals surface area contributed by atoms with Crippen LogP contribution in [0.2, 0.25) is 0 Å². The zero-order chi connectivity index (χ0) is 15.9. The zero-order valence-corrected chi connectivity index (χ0v) is 13.0. The SMILES string of the molecule is CCC(CC(=O)Oc1ccc([N+](=O)[O-])cc1)Cc1ccsc1. The van der Waals surface area contributed by atoms with Gasteiger partial charge in [0.25, 0.3) is 5.69 Å². The fraction of sp³-hybridized carbons (Fsp3) is 0.312. The van der Waals surface area contributed by atoms with E-state index in [9.17, 15) is 14.9 Å². The molecule has 6 heteroatoms. The topological polar surface area (TPSA) is 69.4 Å². The highest BCUT2D eigenvalue weighted by Gasteiger charge is 2.15. The van der Waals surface area contributed by atoms with Crippen LogP contribution in [0, 0.1) is 16.0 Å². The Hall–Kier alpha value is -2.21. The third-order valence-electron chi connectivity index (χ3n) is 3.42. The van der Waals surface area contributed by atoms with Gasteiger partial charge in [0.05, 0.1) is 4.92 Å². The molecule has 1 aromatic carbocycles. The minimum Gasteiger partial charge on any atom is -0.427 e. The third kappa shape index (κ3) is 4.66. The first-order chi connectivity index (χ1) is 10.6. The highest BCUT2D eigenvalue weighted by Crippen LogP contribution is 2.21. The van der Waals surface area contributed by atoms with Crippen LogP contribution in [0.15, 0.2) is 41.1 Å². The lowest BCUT2D eigenvalue weighted by Crippen LogP contribution is -2.15. The Bertz CT molecular complexity index is 622. The number of benzene rings is 1. The number of nitro groups is 1. The first kappa shape index (κ1) is 16.2. The van der Waals surface area contributed by atoms with Gasteiger partial charge in [-0.2, -0.15) is 11.3 Å². The minimum atomic E-state index is -0.487. The molecule has 0 saturated carbocycles. The van der Waals surface area contributed by atoms with E-state index in [4.69, 9.17) is 4.74 Å². The summed E-state index contributed by atoms with van der Waals surface area (Å²) < 4.78 is 5.24. The number of hydrogen-bond donors (Lipinski definition) is 0. The Morgan fingerprint density at radius 1 is 1.32 bits per heavy atom. The molecular weight excluding hydrogens is 302 g/mol. The first-order valence-corrected chi connectivity index (χ1v) is 7.99. The monoisotopic (exact) mass is 319 g/mol. The second kappa shape index (κ2) is 7.70. The first-order valence-electron chi connectivity index (χ1n) is 7.04. The van der Waals surface area contributed by atoms with Crippen LogP contribution in [-0.2, 0) is 11.2 Å². The van der Waals surface area contributed by atoms with Gasteiger partial charge >= 0.3 is 5.97 Å². The van der Waals surface area contributed by atoms with Gasteiger partial charge in [-0.3, -0.25) is 14.9 Å². The smallest absolute Gasteiger partial charge is 0.311 e. The standard InChI is InChI=1S/C16H17NO4S/c1-2-12(9-13-7-8-22-11-13)10-16(18)21-15-5-3-14(4-6-15)17(19)20/h3-8,11-12H,2,9-10H2,1H3. The second-order valence-corrected chi connectivity index (χ2v) is 5.82. The molecule has 0 aliphatic rings. The number of non-ortho nitro benzene ring substituents is 1. The molecule has 22 heavy (non-hydrogen) atoms. The molecule has 0 radical (unpaired) electrons.